The van der Waals surface area contributed by atoms with Crippen LogP contribution in [0.4, 0.5) is 0 Å². The Morgan fingerprint density at radius 2 is 2.12 bits per heavy atom. The average molecular weight is 253 g/mol. The molecule has 0 bridgehead atoms. The summed E-state index contributed by atoms with van der Waals surface area (Å²) in [4.78, 5) is 3.26. The van der Waals surface area contributed by atoms with E-state index in [1.54, 1.807) is 11.3 Å². The highest BCUT2D eigenvalue weighted by Crippen LogP contribution is 2.21. The fraction of sp³-hybridized carbons (Fsp3) is 0.538. The van der Waals surface area contributed by atoms with Crippen LogP contribution in [-0.4, -0.2) is 40.9 Å². The van der Waals surface area contributed by atoms with Gasteiger partial charge >= 0.3 is 0 Å². The van der Waals surface area contributed by atoms with Gasteiger partial charge < -0.3 is 10.2 Å². The minimum absolute atomic E-state index is 0.118. The topological polar surface area (TPSA) is 43.7 Å². The normalized spacial score (nSPS) is 11.4. The van der Waals surface area contributed by atoms with Crippen LogP contribution in [-0.2, 0) is 6.54 Å². The van der Waals surface area contributed by atoms with Crippen LogP contribution >= 0.6 is 11.3 Å². The van der Waals surface area contributed by atoms with Gasteiger partial charge in [-0.15, -0.1) is 11.3 Å². The molecule has 0 spiro atoms. The zero-order valence-corrected chi connectivity index (χ0v) is 11.3. The first kappa shape index (κ1) is 14.2. The Hall–Kier alpha value is -0.860. The van der Waals surface area contributed by atoms with Crippen LogP contribution in [0.25, 0.3) is 0 Å². The van der Waals surface area contributed by atoms with Crippen LogP contribution in [0.5, 0.6) is 0 Å². The third-order valence-corrected chi connectivity index (χ3v) is 3.75. The van der Waals surface area contributed by atoms with E-state index < -0.39 is 0 Å². The number of aliphatic hydroxyl groups is 2. The SMILES string of the molecule is CN(Cc1sccc1C#CCO)C(C)(C)CO. The molecule has 0 saturated heterocycles. The van der Waals surface area contributed by atoms with E-state index in [0.29, 0.717) is 0 Å². The molecule has 17 heavy (non-hydrogen) atoms. The summed E-state index contributed by atoms with van der Waals surface area (Å²) in [6, 6.07) is 1.96. The van der Waals surface area contributed by atoms with E-state index in [2.05, 4.69) is 16.7 Å². The van der Waals surface area contributed by atoms with Crippen molar-refractivity contribution in [3.05, 3.63) is 21.9 Å². The summed E-state index contributed by atoms with van der Waals surface area (Å²) in [5.41, 5.74) is 0.718. The van der Waals surface area contributed by atoms with Crippen molar-refractivity contribution in [1.82, 2.24) is 4.90 Å². The Labute approximate surface area is 107 Å². The predicted molar refractivity (Wildman–Crippen MR) is 70.9 cm³/mol. The van der Waals surface area contributed by atoms with E-state index in [4.69, 9.17) is 5.11 Å². The Morgan fingerprint density at radius 3 is 2.71 bits per heavy atom. The number of likely N-dealkylation sites (N-methyl/N-ethyl adjacent to an activating group) is 1. The quantitative estimate of drug-likeness (QED) is 0.795. The molecule has 0 unspecified atom stereocenters. The number of nitrogens with zero attached hydrogens (tertiary/aromatic N) is 1. The Balaban J connectivity index is 2.79. The molecule has 1 aromatic heterocycles. The van der Waals surface area contributed by atoms with E-state index in [-0.39, 0.29) is 18.8 Å². The van der Waals surface area contributed by atoms with Gasteiger partial charge in [0, 0.05) is 22.5 Å². The summed E-state index contributed by atoms with van der Waals surface area (Å²) in [6.45, 7) is 4.75. The lowest BCUT2D eigenvalue weighted by Crippen LogP contribution is -2.43. The van der Waals surface area contributed by atoms with Gasteiger partial charge in [-0.25, -0.2) is 0 Å². The van der Waals surface area contributed by atoms with E-state index >= 15 is 0 Å². The number of aliphatic hydroxyl groups excluding tert-OH is 2. The molecule has 1 rings (SSSR count). The number of thiophene rings is 1. The molecule has 0 aromatic carbocycles. The van der Waals surface area contributed by atoms with Crippen molar-refractivity contribution < 1.29 is 10.2 Å². The first-order chi connectivity index (χ1) is 8.01. The monoisotopic (exact) mass is 253 g/mol. The van der Waals surface area contributed by atoms with Crippen molar-refractivity contribution in [2.24, 2.45) is 0 Å². The number of hydrogen-bond donors (Lipinski definition) is 2. The maximum atomic E-state index is 9.30. The first-order valence-electron chi connectivity index (χ1n) is 5.49. The first-order valence-corrected chi connectivity index (χ1v) is 6.37. The minimum Gasteiger partial charge on any atom is -0.394 e. The molecule has 2 N–H and O–H groups in total. The molecule has 0 atom stereocenters. The van der Waals surface area contributed by atoms with Gasteiger partial charge in [-0.2, -0.15) is 0 Å². The Kier molecular flexibility index (Phi) is 5.16. The highest BCUT2D eigenvalue weighted by Gasteiger charge is 2.23. The van der Waals surface area contributed by atoms with Crippen LogP contribution < -0.4 is 0 Å². The molecular formula is C13H19NO2S. The van der Waals surface area contributed by atoms with Crippen LogP contribution in [0.2, 0.25) is 0 Å². The second-order valence-electron chi connectivity index (χ2n) is 4.54. The van der Waals surface area contributed by atoms with Gasteiger partial charge in [0.15, 0.2) is 0 Å². The maximum Gasteiger partial charge on any atom is 0.104 e. The van der Waals surface area contributed by atoms with E-state index in [0.717, 1.165) is 17.0 Å². The molecule has 0 aliphatic heterocycles. The van der Waals surface area contributed by atoms with Gasteiger partial charge in [0.1, 0.15) is 6.61 Å². The van der Waals surface area contributed by atoms with Gasteiger partial charge in [-0.3, -0.25) is 4.90 Å². The zero-order chi connectivity index (χ0) is 12.9. The van der Waals surface area contributed by atoms with Crippen molar-refractivity contribution in [3.8, 4) is 11.8 Å². The second-order valence-corrected chi connectivity index (χ2v) is 5.54. The summed E-state index contributed by atoms with van der Waals surface area (Å²) in [5, 5.41) is 20.0. The summed E-state index contributed by atoms with van der Waals surface area (Å²) in [6.07, 6.45) is 0. The molecule has 0 fully saturated rings. The molecule has 0 aliphatic carbocycles. The molecule has 0 radical (unpaired) electrons. The zero-order valence-electron chi connectivity index (χ0n) is 10.5. The lowest BCUT2D eigenvalue weighted by Gasteiger charge is -2.33. The highest BCUT2D eigenvalue weighted by molar-refractivity contribution is 7.10. The van der Waals surface area contributed by atoms with Gasteiger partial charge in [-0.05, 0) is 32.3 Å². The minimum atomic E-state index is -0.244. The average Bonchev–Trinajstić information content (AvgIpc) is 2.73. The fourth-order valence-electron chi connectivity index (χ4n) is 1.26. The maximum absolute atomic E-state index is 9.30. The lowest BCUT2D eigenvalue weighted by atomic mass is 10.0. The predicted octanol–water partition coefficient (Wildman–Crippen LogP) is 1.29. The molecular weight excluding hydrogens is 234 g/mol. The summed E-state index contributed by atoms with van der Waals surface area (Å²) >= 11 is 1.65. The number of hydrogen-bond acceptors (Lipinski definition) is 4. The molecule has 0 amide bonds. The molecule has 94 valence electrons. The third-order valence-electron chi connectivity index (χ3n) is 2.85. The summed E-state index contributed by atoms with van der Waals surface area (Å²) in [5.74, 6) is 5.60. The Bertz CT molecular complexity index is 415. The van der Waals surface area contributed by atoms with Gasteiger partial charge in [0.2, 0.25) is 0 Å². The van der Waals surface area contributed by atoms with Crippen LogP contribution in [0, 0.1) is 11.8 Å². The van der Waals surface area contributed by atoms with E-state index in [9.17, 15) is 5.11 Å². The van der Waals surface area contributed by atoms with Gasteiger partial charge in [0.25, 0.3) is 0 Å². The fourth-order valence-corrected chi connectivity index (χ4v) is 2.14. The largest absolute Gasteiger partial charge is 0.394 e. The summed E-state index contributed by atoms with van der Waals surface area (Å²) in [7, 11) is 1.99. The molecule has 4 heteroatoms. The van der Waals surface area contributed by atoms with Crippen molar-refractivity contribution in [1.29, 1.82) is 0 Å². The Morgan fingerprint density at radius 1 is 1.41 bits per heavy atom. The second kappa shape index (κ2) is 6.18. The van der Waals surface area contributed by atoms with Crippen molar-refractivity contribution in [2.75, 3.05) is 20.3 Å². The summed E-state index contributed by atoms with van der Waals surface area (Å²) < 4.78 is 0. The van der Waals surface area contributed by atoms with Gasteiger partial charge in [0.05, 0.1) is 6.61 Å². The van der Waals surface area contributed by atoms with Gasteiger partial charge in [-0.1, -0.05) is 11.8 Å². The standard InChI is InChI=1S/C13H19NO2S/c1-13(2,10-16)14(3)9-12-11(5-4-7-15)6-8-17-12/h6,8,15-16H,7,9-10H2,1-3H3. The molecule has 1 aromatic rings. The number of rotatable bonds is 4. The molecule has 0 saturated carbocycles. The van der Waals surface area contributed by atoms with Crippen LogP contribution in [0.1, 0.15) is 24.3 Å². The third kappa shape index (κ3) is 3.83. The smallest absolute Gasteiger partial charge is 0.104 e. The van der Waals surface area contributed by atoms with Crippen molar-refractivity contribution >= 4 is 11.3 Å². The van der Waals surface area contributed by atoms with E-state index in [1.165, 1.54) is 0 Å². The molecule has 3 nitrogen and oxygen atoms in total. The van der Waals surface area contributed by atoms with E-state index in [1.807, 2.05) is 32.3 Å². The molecule has 1 heterocycles. The molecule has 0 aliphatic rings. The van der Waals surface area contributed by atoms with Crippen LogP contribution in [0.15, 0.2) is 11.4 Å². The van der Waals surface area contributed by atoms with Crippen molar-refractivity contribution in [3.63, 3.8) is 0 Å². The van der Waals surface area contributed by atoms with Crippen LogP contribution in [0.3, 0.4) is 0 Å². The lowest BCUT2D eigenvalue weighted by molar-refractivity contribution is 0.0741. The highest BCUT2D eigenvalue weighted by atomic mass is 32.1. The van der Waals surface area contributed by atoms with Crippen molar-refractivity contribution in [2.45, 2.75) is 25.9 Å².